The Morgan fingerprint density at radius 1 is 0.900 bits per heavy atom. The van der Waals surface area contributed by atoms with Gasteiger partial charge in [0.1, 0.15) is 9.36 Å². The molecule has 0 unspecified atom stereocenters. The molecule has 0 aliphatic rings. The Morgan fingerprint density at radius 3 is 1.93 bits per heavy atom. The number of halogens is 3. The van der Waals surface area contributed by atoms with E-state index in [2.05, 4.69) is 19.2 Å². The maximum absolute atomic E-state index is 11.5. The smallest absolute Gasteiger partial charge is 0.280 e. The Balaban J connectivity index is 0.000000567. The van der Waals surface area contributed by atoms with Crippen molar-refractivity contribution in [2.75, 3.05) is 12.4 Å². The van der Waals surface area contributed by atoms with E-state index in [1.54, 1.807) is 3.96 Å². The van der Waals surface area contributed by atoms with Crippen LogP contribution in [-0.2, 0) is 11.3 Å². The Kier molecular flexibility index (Phi) is 20.5. The van der Waals surface area contributed by atoms with Crippen LogP contribution >= 0.6 is 46.3 Å². The highest BCUT2D eigenvalue weighted by molar-refractivity contribution is 7.11. The van der Waals surface area contributed by atoms with E-state index in [9.17, 15) is 9.59 Å². The van der Waals surface area contributed by atoms with Gasteiger partial charge in [0, 0.05) is 25.4 Å². The summed E-state index contributed by atoms with van der Waals surface area (Å²) in [4.78, 5) is 22.5. The molecule has 1 N–H and O–H groups in total. The minimum absolute atomic E-state index is 0.0774. The summed E-state index contributed by atoms with van der Waals surface area (Å²) in [5.74, 6) is 0.496. The summed E-state index contributed by atoms with van der Waals surface area (Å²) in [7, 11) is 0. The molecule has 0 spiro atoms. The third-order valence-corrected chi connectivity index (χ3v) is 6.74. The van der Waals surface area contributed by atoms with E-state index >= 15 is 0 Å². The van der Waals surface area contributed by atoms with Crippen molar-refractivity contribution in [3.05, 3.63) is 19.7 Å². The van der Waals surface area contributed by atoms with Gasteiger partial charge in [0.05, 0.1) is 0 Å². The Morgan fingerprint density at radius 2 is 1.43 bits per heavy atom. The third-order valence-electron chi connectivity index (χ3n) is 4.67. The maximum Gasteiger partial charge on any atom is 0.280 e. The molecular formula is C22H39Cl3N2O2S. The molecule has 30 heavy (non-hydrogen) atoms. The van der Waals surface area contributed by atoms with Crippen LogP contribution in [0.2, 0.25) is 9.36 Å². The van der Waals surface area contributed by atoms with Crippen molar-refractivity contribution in [3.8, 4) is 0 Å². The van der Waals surface area contributed by atoms with Gasteiger partial charge in [-0.1, -0.05) is 101 Å². The van der Waals surface area contributed by atoms with Crippen LogP contribution in [0.1, 0.15) is 97.3 Å². The zero-order chi connectivity index (χ0) is 22.6. The van der Waals surface area contributed by atoms with Crippen molar-refractivity contribution in [2.45, 2.75) is 104 Å². The molecule has 0 bridgehead atoms. The summed E-state index contributed by atoms with van der Waals surface area (Å²) in [5.41, 5.74) is -0.148. The molecule has 1 amide bonds. The molecule has 0 aromatic carbocycles. The number of aryl methyl sites for hydroxylation is 1. The predicted molar refractivity (Wildman–Crippen MR) is 134 cm³/mol. The number of amides is 1. The molecular weight excluding hydrogens is 463 g/mol. The van der Waals surface area contributed by atoms with Crippen LogP contribution in [0.15, 0.2) is 4.79 Å². The van der Waals surface area contributed by atoms with E-state index in [-0.39, 0.29) is 16.5 Å². The molecule has 176 valence electrons. The van der Waals surface area contributed by atoms with E-state index in [0.717, 1.165) is 25.9 Å². The van der Waals surface area contributed by atoms with Gasteiger partial charge in [-0.2, -0.15) is 0 Å². The van der Waals surface area contributed by atoms with E-state index in [0.29, 0.717) is 16.6 Å². The van der Waals surface area contributed by atoms with Gasteiger partial charge in [-0.3, -0.25) is 13.5 Å². The van der Waals surface area contributed by atoms with Gasteiger partial charge in [0.2, 0.25) is 5.91 Å². The predicted octanol–water partition coefficient (Wildman–Crippen LogP) is 7.67. The molecule has 1 heterocycles. The fourth-order valence-electron chi connectivity index (χ4n) is 2.86. The average molecular weight is 502 g/mol. The molecule has 1 aromatic rings. The maximum atomic E-state index is 11.5. The van der Waals surface area contributed by atoms with Crippen molar-refractivity contribution in [1.82, 2.24) is 9.27 Å². The number of unbranched alkanes of at least 4 members (excludes halogenated alkanes) is 10. The minimum atomic E-state index is -0.148. The minimum Gasteiger partial charge on any atom is -0.356 e. The number of hydrogen-bond acceptors (Lipinski definition) is 3. The third kappa shape index (κ3) is 15.6. The zero-order valence-corrected chi connectivity index (χ0v) is 21.7. The van der Waals surface area contributed by atoms with E-state index in [4.69, 9.17) is 34.8 Å². The molecule has 0 saturated carbocycles. The zero-order valence-electron chi connectivity index (χ0n) is 18.6. The highest BCUT2D eigenvalue weighted by Gasteiger charge is 2.10. The second-order valence-corrected chi connectivity index (χ2v) is 9.80. The molecule has 0 radical (unpaired) electrons. The van der Waals surface area contributed by atoms with Crippen LogP contribution in [0.3, 0.4) is 0 Å². The lowest BCUT2D eigenvalue weighted by molar-refractivity contribution is -0.120. The highest BCUT2D eigenvalue weighted by Crippen LogP contribution is 2.23. The van der Waals surface area contributed by atoms with Crippen LogP contribution in [0.4, 0.5) is 0 Å². The number of hydrogen-bond donors (Lipinski definition) is 1. The quantitative estimate of drug-likeness (QED) is 0.186. The molecule has 0 aliphatic heterocycles. The topological polar surface area (TPSA) is 51.1 Å². The number of alkyl halides is 1. The second kappa shape index (κ2) is 20.7. The first-order valence-corrected chi connectivity index (χ1v) is 13.4. The van der Waals surface area contributed by atoms with Gasteiger partial charge in [-0.05, 0) is 24.4 Å². The van der Waals surface area contributed by atoms with Crippen LogP contribution in [0.25, 0.3) is 0 Å². The fraction of sp³-hybridized carbons (Fsp3) is 0.818. The lowest BCUT2D eigenvalue weighted by Crippen LogP contribution is -2.24. The van der Waals surface area contributed by atoms with E-state index < -0.39 is 0 Å². The molecule has 0 aliphatic carbocycles. The van der Waals surface area contributed by atoms with Crippen LogP contribution in [0.5, 0.6) is 0 Å². The van der Waals surface area contributed by atoms with Crippen molar-refractivity contribution in [2.24, 2.45) is 0 Å². The molecule has 0 fully saturated rings. The summed E-state index contributed by atoms with van der Waals surface area (Å²) in [5, 5.41) is 3.02. The number of carbonyl (C=O) groups is 1. The lowest BCUT2D eigenvalue weighted by atomic mass is 10.1. The normalized spacial score (nSPS) is 10.6. The van der Waals surface area contributed by atoms with Crippen LogP contribution in [0, 0.1) is 0 Å². The first-order valence-electron chi connectivity index (χ1n) is 11.4. The largest absolute Gasteiger partial charge is 0.356 e. The van der Waals surface area contributed by atoms with Crippen molar-refractivity contribution >= 4 is 52.2 Å². The monoisotopic (exact) mass is 500 g/mol. The Labute approximate surface area is 201 Å². The lowest BCUT2D eigenvalue weighted by Gasteiger charge is -2.03. The Hall–Kier alpha value is -0.230. The first-order chi connectivity index (χ1) is 14.5. The van der Waals surface area contributed by atoms with Crippen LogP contribution in [-0.4, -0.2) is 22.3 Å². The van der Waals surface area contributed by atoms with Crippen molar-refractivity contribution in [1.29, 1.82) is 0 Å². The highest BCUT2D eigenvalue weighted by atomic mass is 35.5. The molecule has 4 nitrogen and oxygen atoms in total. The van der Waals surface area contributed by atoms with Gasteiger partial charge in [0.25, 0.3) is 5.56 Å². The molecule has 8 heteroatoms. The molecule has 1 aromatic heterocycles. The number of aromatic nitrogens is 1. The summed E-state index contributed by atoms with van der Waals surface area (Å²) in [6.07, 6.45) is 15.3. The summed E-state index contributed by atoms with van der Waals surface area (Å²) in [6, 6.07) is 0. The number of nitrogens with zero attached hydrogens (tertiary/aromatic N) is 1. The number of carbonyl (C=O) groups excluding carboxylic acids is 1. The summed E-state index contributed by atoms with van der Waals surface area (Å²) >= 11 is 18.2. The fourth-order valence-corrected chi connectivity index (χ4v) is 4.38. The van der Waals surface area contributed by atoms with Crippen LogP contribution < -0.4 is 10.9 Å². The second-order valence-electron chi connectivity index (χ2n) is 7.41. The Bertz CT molecular complexity index is 606. The van der Waals surface area contributed by atoms with Crippen molar-refractivity contribution in [3.63, 3.8) is 0 Å². The molecule has 0 atom stereocenters. The molecule has 0 saturated heterocycles. The standard InChI is InChI=1S/C11H17Cl2NOS.C11H22ClNO/c1-2-3-4-5-6-7-8-14-11(15)9(12)10(13)16-14;1-2-3-4-5-6-7-10-13-11(14)8-9-12/h2-8H2,1H3;2-10H2,1H3,(H,13,14). The van der Waals surface area contributed by atoms with Gasteiger partial charge < -0.3 is 5.32 Å². The van der Waals surface area contributed by atoms with Gasteiger partial charge >= 0.3 is 0 Å². The van der Waals surface area contributed by atoms with Crippen molar-refractivity contribution < 1.29 is 4.79 Å². The van der Waals surface area contributed by atoms with Gasteiger partial charge in [-0.25, -0.2) is 0 Å². The number of nitrogens with one attached hydrogen (secondary N) is 1. The molecule has 1 rings (SSSR count). The van der Waals surface area contributed by atoms with E-state index in [1.165, 1.54) is 75.7 Å². The van der Waals surface area contributed by atoms with Gasteiger partial charge in [0.15, 0.2) is 0 Å². The number of rotatable bonds is 16. The van der Waals surface area contributed by atoms with Gasteiger partial charge in [-0.15, -0.1) is 11.6 Å². The summed E-state index contributed by atoms with van der Waals surface area (Å²) in [6.45, 7) is 5.96. The summed E-state index contributed by atoms with van der Waals surface area (Å²) < 4.78 is 2.04. The SMILES string of the molecule is CCCCCCCCNC(=O)CCCl.CCCCCCCCn1sc(Cl)c(Cl)c1=O. The van der Waals surface area contributed by atoms with E-state index in [1.807, 2.05) is 0 Å². The first kappa shape index (κ1) is 29.8. The average Bonchev–Trinajstić information content (AvgIpc) is 2.97.